The summed E-state index contributed by atoms with van der Waals surface area (Å²) < 4.78 is 6.43. The molecular weight excluding hydrogens is 320 g/mol. The van der Waals surface area contributed by atoms with Crippen LogP contribution in [0.3, 0.4) is 0 Å². The molecule has 1 aromatic carbocycles. The van der Waals surface area contributed by atoms with Gasteiger partial charge in [0.2, 0.25) is 0 Å². The molecule has 1 aliphatic carbocycles. The van der Waals surface area contributed by atoms with E-state index in [0.29, 0.717) is 12.1 Å². The van der Waals surface area contributed by atoms with Crippen LogP contribution < -0.4 is 10.1 Å². The molecule has 3 nitrogen and oxygen atoms in total. The van der Waals surface area contributed by atoms with Crippen molar-refractivity contribution in [1.82, 2.24) is 10.2 Å². The van der Waals surface area contributed by atoms with E-state index < -0.39 is 0 Å². The predicted octanol–water partition coefficient (Wildman–Crippen LogP) is 4.71. The van der Waals surface area contributed by atoms with Gasteiger partial charge in [-0.05, 0) is 81.4 Å². The predicted molar refractivity (Wildman–Crippen MR) is 108 cm³/mol. The molecule has 2 atom stereocenters. The smallest absolute Gasteiger partial charge is 0.120 e. The van der Waals surface area contributed by atoms with E-state index >= 15 is 0 Å². The van der Waals surface area contributed by atoms with E-state index in [9.17, 15) is 0 Å². The Hall–Kier alpha value is -1.06. The first kappa shape index (κ1) is 18.3. The molecule has 0 amide bonds. The summed E-state index contributed by atoms with van der Waals surface area (Å²) in [4.78, 5) is 2.43. The van der Waals surface area contributed by atoms with E-state index in [1.54, 1.807) is 0 Å². The number of likely N-dealkylation sites (tertiary alicyclic amines) is 1. The van der Waals surface area contributed by atoms with Crippen molar-refractivity contribution in [2.24, 2.45) is 5.92 Å². The molecule has 0 radical (unpaired) electrons. The van der Waals surface area contributed by atoms with Gasteiger partial charge in [-0.25, -0.2) is 0 Å². The number of fused-ring (bicyclic) bond motifs is 1. The highest BCUT2D eigenvalue weighted by Gasteiger charge is 2.25. The highest BCUT2D eigenvalue weighted by atomic mass is 16.5. The molecule has 2 aliphatic heterocycles. The van der Waals surface area contributed by atoms with Crippen molar-refractivity contribution in [1.29, 1.82) is 0 Å². The lowest BCUT2D eigenvalue weighted by molar-refractivity contribution is 0.182. The van der Waals surface area contributed by atoms with Crippen molar-refractivity contribution in [3.63, 3.8) is 0 Å². The van der Waals surface area contributed by atoms with Crippen molar-refractivity contribution >= 4 is 0 Å². The molecule has 3 heteroatoms. The number of benzene rings is 1. The van der Waals surface area contributed by atoms with Crippen LogP contribution in [0, 0.1) is 5.92 Å². The van der Waals surface area contributed by atoms with Crippen molar-refractivity contribution < 1.29 is 4.74 Å². The zero-order valence-corrected chi connectivity index (χ0v) is 16.5. The fourth-order valence-corrected chi connectivity index (χ4v) is 5.18. The Balaban J connectivity index is 1.44. The standard InChI is InChI=1S/C23H36N2O/c1-25-14-5-8-20(12-15-25)26-21-10-9-19-11-13-24-23(22(19)17-21)16-18-6-3-2-4-7-18/h9-10,17-18,20,23-24H,2-8,11-16H2,1H3. The number of ether oxygens (including phenoxy) is 1. The normalized spacial score (nSPS) is 28.3. The fourth-order valence-electron chi connectivity index (χ4n) is 5.18. The van der Waals surface area contributed by atoms with E-state index in [1.165, 1.54) is 69.0 Å². The molecule has 2 fully saturated rings. The Morgan fingerprint density at radius 2 is 1.92 bits per heavy atom. The lowest BCUT2D eigenvalue weighted by Crippen LogP contribution is -2.31. The summed E-state index contributed by atoms with van der Waals surface area (Å²) in [5.41, 5.74) is 3.06. The second-order valence-corrected chi connectivity index (χ2v) is 8.83. The van der Waals surface area contributed by atoms with Crippen LogP contribution in [0.25, 0.3) is 0 Å². The van der Waals surface area contributed by atoms with E-state index in [0.717, 1.165) is 37.6 Å². The van der Waals surface area contributed by atoms with Crippen LogP contribution in [0.4, 0.5) is 0 Å². The molecule has 1 aromatic rings. The summed E-state index contributed by atoms with van der Waals surface area (Å²) in [5.74, 6) is 2.00. The maximum Gasteiger partial charge on any atom is 0.120 e. The lowest BCUT2D eigenvalue weighted by atomic mass is 9.81. The van der Waals surface area contributed by atoms with Gasteiger partial charge in [-0.1, -0.05) is 38.2 Å². The zero-order valence-electron chi connectivity index (χ0n) is 16.5. The SMILES string of the molecule is CN1CCCC(Oc2ccc3c(c2)C(CC2CCCCC2)NCC3)CC1. The van der Waals surface area contributed by atoms with Crippen molar-refractivity contribution in [2.75, 3.05) is 26.7 Å². The molecule has 0 bridgehead atoms. The monoisotopic (exact) mass is 356 g/mol. The zero-order chi connectivity index (χ0) is 17.8. The molecule has 0 spiro atoms. The number of rotatable bonds is 4. The van der Waals surface area contributed by atoms with Gasteiger partial charge in [0, 0.05) is 12.6 Å². The molecule has 1 saturated heterocycles. The summed E-state index contributed by atoms with van der Waals surface area (Å²) in [6.45, 7) is 3.48. The second kappa shape index (κ2) is 8.75. The van der Waals surface area contributed by atoms with Gasteiger partial charge in [0.25, 0.3) is 0 Å². The van der Waals surface area contributed by atoms with Crippen molar-refractivity contribution in [3.8, 4) is 5.75 Å². The number of hydrogen-bond acceptors (Lipinski definition) is 3. The maximum atomic E-state index is 6.43. The Morgan fingerprint density at radius 1 is 1.04 bits per heavy atom. The molecule has 144 valence electrons. The summed E-state index contributed by atoms with van der Waals surface area (Å²) in [6.07, 6.45) is 13.6. The highest BCUT2D eigenvalue weighted by molar-refractivity contribution is 5.39. The number of nitrogens with one attached hydrogen (secondary N) is 1. The molecule has 2 unspecified atom stereocenters. The molecule has 2 heterocycles. The minimum Gasteiger partial charge on any atom is -0.490 e. The van der Waals surface area contributed by atoms with Gasteiger partial charge in [0.15, 0.2) is 0 Å². The summed E-state index contributed by atoms with van der Waals surface area (Å²) in [5, 5.41) is 3.81. The molecule has 3 aliphatic rings. The average molecular weight is 357 g/mol. The van der Waals surface area contributed by atoms with E-state index in [-0.39, 0.29) is 0 Å². The quantitative estimate of drug-likeness (QED) is 0.846. The third-order valence-electron chi connectivity index (χ3n) is 6.77. The molecule has 1 saturated carbocycles. The van der Waals surface area contributed by atoms with E-state index in [4.69, 9.17) is 4.74 Å². The first-order valence-corrected chi connectivity index (χ1v) is 11.0. The van der Waals surface area contributed by atoms with Gasteiger partial charge in [0.1, 0.15) is 5.75 Å². The Bertz CT molecular complexity index is 582. The molecular formula is C23H36N2O. The average Bonchev–Trinajstić information content (AvgIpc) is 2.87. The number of hydrogen-bond donors (Lipinski definition) is 1. The van der Waals surface area contributed by atoms with E-state index in [1.807, 2.05) is 0 Å². The van der Waals surface area contributed by atoms with Gasteiger partial charge in [-0.3, -0.25) is 0 Å². The third kappa shape index (κ3) is 4.61. The van der Waals surface area contributed by atoms with Crippen LogP contribution in [0.1, 0.15) is 75.0 Å². The fraction of sp³-hybridized carbons (Fsp3) is 0.739. The topological polar surface area (TPSA) is 24.5 Å². The second-order valence-electron chi connectivity index (χ2n) is 8.83. The van der Waals surface area contributed by atoms with Crippen LogP contribution in [-0.4, -0.2) is 37.7 Å². The van der Waals surface area contributed by atoms with E-state index in [2.05, 4.69) is 35.5 Å². The lowest BCUT2D eigenvalue weighted by Gasteiger charge is -2.32. The Kier molecular flexibility index (Phi) is 6.16. The molecule has 4 rings (SSSR count). The van der Waals surface area contributed by atoms with Crippen molar-refractivity contribution in [2.45, 2.75) is 76.4 Å². The van der Waals surface area contributed by atoms with Gasteiger partial charge in [-0.2, -0.15) is 0 Å². The summed E-state index contributed by atoms with van der Waals surface area (Å²) >= 11 is 0. The summed E-state index contributed by atoms with van der Waals surface area (Å²) in [6, 6.07) is 7.45. The first-order chi connectivity index (χ1) is 12.8. The molecule has 0 aromatic heterocycles. The largest absolute Gasteiger partial charge is 0.490 e. The van der Waals surface area contributed by atoms with Crippen LogP contribution in [0.2, 0.25) is 0 Å². The van der Waals surface area contributed by atoms with Gasteiger partial charge < -0.3 is 15.0 Å². The van der Waals surface area contributed by atoms with Gasteiger partial charge in [0.05, 0.1) is 6.10 Å². The van der Waals surface area contributed by atoms with Gasteiger partial charge >= 0.3 is 0 Å². The van der Waals surface area contributed by atoms with Crippen LogP contribution in [0.15, 0.2) is 18.2 Å². The minimum atomic E-state index is 0.381. The Morgan fingerprint density at radius 3 is 2.81 bits per heavy atom. The molecule has 26 heavy (non-hydrogen) atoms. The van der Waals surface area contributed by atoms with Gasteiger partial charge in [-0.15, -0.1) is 0 Å². The van der Waals surface area contributed by atoms with Crippen LogP contribution in [0.5, 0.6) is 5.75 Å². The molecule has 1 N–H and O–H groups in total. The Labute approximate surface area is 159 Å². The summed E-state index contributed by atoms with van der Waals surface area (Å²) in [7, 11) is 2.23. The van der Waals surface area contributed by atoms with Crippen LogP contribution >= 0.6 is 0 Å². The first-order valence-electron chi connectivity index (χ1n) is 11.0. The minimum absolute atomic E-state index is 0.381. The third-order valence-corrected chi connectivity index (χ3v) is 6.77. The van der Waals surface area contributed by atoms with Crippen molar-refractivity contribution in [3.05, 3.63) is 29.3 Å². The van der Waals surface area contributed by atoms with Crippen LogP contribution in [-0.2, 0) is 6.42 Å². The number of nitrogens with zero attached hydrogens (tertiary/aromatic N) is 1. The highest BCUT2D eigenvalue weighted by Crippen LogP contribution is 2.36. The maximum absolute atomic E-state index is 6.43.